The quantitative estimate of drug-likeness (QED) is 0.832. The number of rotatable bonds is 3. The zero-order chi connectivity index (χ0) is 13.2. The van der Waals surface area contributed by atoms with E-state index in [-0.39, 0.29) is 15.6 Å². The zero-order valence-electron chi connectivity index (χ0n) is 9.38. The molecule has 0 aliphatic rings. The van der Waals surface area contributed by atoms with Crippen LogP contribution < -0.4 is 11.1 Å². The molecule has 1 aromatic rings. The molecule has 1 rings (SSSR count). The van der Waals surface area contributed by atoms with E-state index < -0.39 is 17.3 Å². The standard InChI is InChI=1S/C11H12ClFN2OS/c1-11(2,10(14)17)15-9(16)7-4-3-6(12)5-8(7)13/h3-5H,1-2H3,(H2,14,17)(H,15,16). The van der Waals surface area contributed by atoms with Gasteiger partial charge in [0.1, 0.15) is 5.82 Å². The maximum atomic E-state index is 13.5. The molecule has 3 nitrogen and oxygen atoms in total. The van der Waals surface area contributed by atoms with Gasteiger partial charge in [-0.1, -0.05) is 23.8 Å². The fourth-order valence-corrected chi connectivity index (χ4v) is 1.30. The number of nitrogens with two attached hydrogens (primary N) is 1. The van der Waals surface area contributed by atoms with Crippen LogP contribution in [0.25, 0.3) is 0 Å². The van der Waals surface area contributed by atoms with Crippen LogP contribution in [0.4, 0.5) is 4.39 Å². The van der Waals surface area contributed by atoms with Gasteiger partial charge in [0.15, 0.2) is 0 Å². The van der Waals surface area contributed by atoms with Crippen molar-refractivity contribution in [3.8, 4) is 0 Å². The average Bonchev–Trinajstić information content (AvgIpc) is 2.15. The summed E-state index contributed by atoms with van der Waals surface area (Å²) in [6, 6.07) is 3.82. The third-order valence-electron chi connectivity index (χ3n) is 2.22. The molecule has 17 heavy (non-hydrogen) atoms. The highest BCUT2D eigenvalue weighted by Gasteiger charge is 2.25. The second-order valence-corrected chi connectivity index (χ2v) is 4.94. The molecule has 6 heteroatoms. The van der Waals surface area contributed by atoms with E-state index in [0.717, 1.165) is 6.07 Å². The number of hydrogen-bond donors (Lipinski definition) is 2. The van der Waals surface area contributed by atoms with Crippen molar-refractivity contribution in [2.75, 3.05) is 0 Å². The Morgan fingerprint density at radius 2 is 2.12 bits per heavy atom. The summed E-state index contributed by atoms with van der Waals surface area (Å²) in [5, 5.41) is 2.77. The molecule has 0 heterocycles. The van der Waals surface area contributed by atoms with Crippen LogP contribution in [0.5, 0.6) is 0 Å². The van der Waals surface area contributed by atoms with Gasteiger partial charge in [-0.2, -0.15) is 0 Å². The first-order valence-electron chi connectivity index (χ1n) is 4.81. The second kappa shape index (κ2) is 4.98. The van der Waals surface area contributed by atoms with Crippen LogP contribution in [0.2, 0.25) is 5.02 Å². The molecule has 0 fully saturated rings. The highest BCUT2D eigenvalue weighted by Crippen LogP contribution is 2.15. The maximum absolute atomic E-state index is 13.5. The lowest BCUT2D eigenvalue weighted by atomic mass is 10.0. The fourth-order valence-electron chi connectivity index (χ4n) is 1.09. The molecule has 0 saturated heterocycles. The number of carbonyl (C=O) groups excluding carboxylic acids is 1. The molecule has 3 N–H and O–H groups in total. The summed E-state index contributed by atoms with van der Waals surface area (Å²) in [6.07, 6.45) is 0. The van der Waals surface area contributed by atoms with Crippen LogP contribution in [-0.4, -0.2) is 16.4 Å². The number of hydrogen-bond acceptors (Lipinski definition) is 2. The lowest BCUT2D eigenvalue weighted by molar-refractivity contribution is 0.0928. The summed E-state index contributed by atoms with van der Waals surface area (Å²) in [5.41, 5.74) is 4.49. The fraction of sp³-hybridized carbons (Fsp3) is 0.273. The summed E-state index contributed by atoms with van der Waals surface area (Å²) < 4.78 is 13.5. The van der Waals surface area contributed by atoms with Crippen molar-refractivity contribution in [1.29, 1.82) is 0 Å². The molecule has 0 spiro atoms. The Kier molecular flexibility index (Phi) is 4.06. The maximum Gasteiger partial charge on any atom is 0.255 e. The van der Waals surface area contributed by atoms with Crippen LogP contribution in [0.15, 0.2) is 18.2 Å². The lowest BCUT2D eigenvalue weighted by Gasteiger charge is -2.24. The minimum absolute atomic E-state index is 0.0984. The first-order chi connectivity index (χ1) is 7.74. The summed E-state index contributed by atoms with van der Waals surface area (Å²) in [4.78, 5) is 11.9. The van der Waals surface area contributed by atoms with Gasteiger partial charge in [-0.3, -0.25) is 4.79 Å². The summed E-state index contributed by atoms with van der Waals surface area (Å²) in [5.74, 6) is -1.27. The Hall–Kier alpha value is -1.20. The number of halogens is 2. The van der Waals surface area contributed by atoms with Crippen molar-refractivity contribution in [3.05, 3.63) is 34.6 Å². The van der Waals surface area contributed by atoms with Crippen LogP contribution >= 0.6 is 23.8 Å². The van der Waals surface area contributed by atoms with E-state index in [1.54, 1.807) is 13.8 Å². The number of carbonyl (C=O) groups is 1. The van der Waals surface area contributed by atoms with Gasteiger partial charge in [-0.05, 0) is 32.0 Å². The summed E-state index contributed by atoms with van der Waals surface area (Å²) in [7, 11) is 0. The van der Waals surface area contributed by atoms with Gasteiger partial charge in [-0.25, -0.2) is 4.39 Å². The number of nitrogens with one attached hydrogen (secondary N) is 1. The van der Waals surface area contributed by atoms with Crippen molar-refractivity contribution in [3.63, 3.8) is 0 Å². The van der Waals surface area contributed by atoms with Crippen molar-refractivity contribution in [1.82, 2.24) is 5.32 Å². The van der Waals surface area contributed by atoms with Gasteiger partial charge >= 0.3 is 0 Å². The second-order valence-electron chi connectivity index (χ2n) is 4.07. The molecule has 92 valence electrons. The van der Waals surface area contributed by atoms with E-state index in [1.807, 2.05) is 0 Å². The van der Waals surface area contributed by atoms with Gasteiger partial charge in [0.25, 0.3) is 5.91 Å². The van der Waals surface area contributed by atoms with Gasteiger partial charge in [-0.15, -0.1) is 0 Å². The Balaban J connectivity index is 2.95. The van der Waals surface area contributed by atoms with Crippen LogP contribution in [0.1, 0.15) is 24.2 Å². The molecule has 0 aliphatic heterocycles. The molecule has 0 aliphatic carbocycles. The third-order valence-corrected chi connectivity index (χ3v) is 2.96. The van der Waals surface area contributed by atoms with E-state index in [0.29, 0.717) is 0 Å². The van der Waals surface area contributed by atoms with Crippen molar-refractivity contribution >= 4 is 34.7 Å². The van der Waals surface area contributed by atoms with Gasteiger partial charge in [0.2, 0.25) is 0 Å². The third kappa shape index (κ3) is 3.38. The predicted octanol–water partition coefficient (Wildman–Crippen LogP) is 2.27. The Labute approximate surface area is 109 Å². The Bertz CT molecular complexity index is 477. The van der Waals surface area contributed by atoms with Crippen LogP contribution in [0.3, 0.4) is 0 Å². The molecule has 0 bridgehead atoms. The minimum Gasteiger partial charge on any atom is -0.391 e. The monoisotopic (exact) mass is 274 g/mol. The molecule has 0 atom stereocenters. The number of amides is 1. The van der Waals surface area contributed by atoms with Crippen molar-refractivity contribution in [2.45, 2.75) is 19.4 Å². The van der Waals surface area contributed by atoms with Gasteiger partial charge < -0.3 is 11.1 Å². The summed E-state index contributed by atoms with van der Waals surface area (Å²) in [6.45, 7) is 3.28. The molecule has 0 radical (unpaired) electrons. The van der Waals surface area contributed by atoms with E-state index in [2.05, 4.69) is 5.32 Å². The molecule has 0 aromatic heterocycles. The van der Waals surface area contributed by atoms with E-state index in [9.17, 15) is 9.18 Å². The van der Waals surface area contributed by atoms with E-state index in [4.69, 9.17) is 29.6 Å². The minimum atomic E-state index is -0.876. The van der Waals surface area contributed by atoms with Gasteiger partial charge in [0.05, 0.1) is 16.1 Å². The molecule has 1 amide bonds. The molecule has 0 unspecified atom stereocenters. The molecular weight excluding hydrogens is 263 g/mol. The number of benzene rings is 1. The predicted molar refractivity (Wildman–Crippen MR) is 69.7 cm³/mol. The normalized spacial score (nSPS) is 11.1. The largest absolute Gasteiger partial charge is 0.391 e. The first-order valence-corrected chi connectivity index (χ1v) is 5.60. The lowest BCUT2D eigenvalue weighted by Crippen LogP contribution is -2.52. The van der Waals surface area contributed by atoms with Crippen LogP contribution in [0, 0.1) is 5.82 Å². The van der Waals surface area contributed by atoms with E-state index >= 15 is 0 Å². The molecule has 1 aromatic carbocycles. The smallest absolute Gasteiger partial charge is 0.255 e. The number of thiocarbonyl (C=S) groups is 1. The van der Waals surface area contributed by atoms with Crippen molar-refractivity contribution < 1.29 is 9.18 Å². The average molecular weight is 275 g/mol. The van der Waals surface area contributed by atoms with Crippen LogP contribution in [-0.2, 0) is 0 Å². The highest BCUT2D eigenvalue weighted by molar-refractivity contribution is 7.80. The molecular formula is C11H12ClFN2OS. The SMILES string of the molecule is CC(C)(NC(=O)c1ccc(Cl)cc1F)C(N)=S. The molecule has 0 saturated carbocycles. The first kappa shape index (κ1) is 13.9. The highest BCUT2D eigenvalue weighted by atomic mass is 35.5. The van der Waals surface area contributed by atoms with Gasteiger partial charge in [0, 0.05) is 5.02 Å². The van der Waals surface area contributed by atoms with E-state index in [1.165, 1.54) is 12.1 Å². The Morgan fingerprint density at radius 3 is 2.59 bits per heavy atom. The topological polar surface area (TPSA) is 55.1 Å². The Morgan fingerprint density at radius 1 is 1.53 bits per heavy atom. The summed E-state index contributed by atoms with van der Waals surface area (Å²) >= 11 is 10.4. The van der Waals surface area contributed by atoms with Crippen molar-refractivity contribution in [2.24, 2.45) is 5.73 Å². The zero-order valence-corrected chi connectivity index (χ0v) is 11.0.